The van der Waals surface area contributed by atoms with E-state index < -0.39 is 0 Å². The summed E-state index contributed by atoms with van der Waals surface area (Å²) in [5.41, 5.74) is 6.58. The number of benzene rings is 1. The van der Waals surface area contributed by atoms with Gasteiger partial charge in [0.05, 0.1) is 24.6 Å². The van der Waals surface area contributed by atoms with Gasteiger partial charge in [-0.3, -0.25) is 4.79 Å². The van der Waals surface area contributed by atoms with Crippen LogP contribution in [0.25, 0.3) is 0 Å². The summed E-state index contributed by atoms with van der Waals surface area (Å²) in [5.74, 6) is 5.56. The van der Waals surface area contributed by atoms with Crippen LogP contribution in [0.3, 0.4) is 0 Å². The van der Waals surface area contributed by atoms with Crippen molar-refractivity contribution in [1.29, 1.82) is 5.26 Å². The summed E-state index contributed by atoms with van der Waals surface area (Å²) in [6.07, 6.45) is 0.330. The maximum Gasteiger partial charge on any atom is 0.255 e. The zero-order chi connectivity index (χ0) is 14.1. The normalized spacial score (nSPS) is 9.11. The van der Waals surface area contributed by atoms with Crippen LogP contribution in [0.2, 0.25) is 0 Å². The molecule has 0 aromatic heterocycles. The Labute approximate surface area is 113 Å². The summed E-state index contributed by atoms with van der Waals surface area (Å²) >= 11 is 0. The van der Waals surface area contributed by atoms with Crippen molar-refractivity contribution in [1.82, 2.24) is 4.90 Å². The van der Waals surface area contributed by atoms with Crippen molar-refractivity contribution in [3.8, 4) is 17.9 Å². The summed E-state index contributed by atoms with van der Waals surface area (Å²) in [7, 11) is 0. The average molecular weight is 255 g/mol. The van der Waals surface area contributed by atoms with Crippen molar-refractivity contribution in [3.63, 3.8) is 0 Å². The minimum absolute atomic E-state index is 0.0975. The Balaban J connectivity index is 3.01. The standard InChI is InChI=1S/C15H17N3O/c1-2-18(12-6-11-17)15(19)14-9-4-3-7-13(14)8-5-10-16/h3-4,7,9H,2,6,10,12,16H2,1H3. The van der Waals surface area contributed by atoms with Gasteiger partial charge >= 0.3 is 0 Å². The van der Waals surface area contributed by atoms with Gasteiger partial charge < -0.3 is 10.6 Å². The van der Waals surface area contributed by atoms with Crippen LogP contribution in [0, 0.1) is 23.2 Å². The minimum atomic E-state index is -0.0975. The van der Waals surface area contributed by atoms with Crippen LogP contribution < -0.4 is 5.73 Å². The Hall–Kier alpha value is -2.30. The number of nitrogens with zero attached hydrogens (tertiary/aromatic N) is 2. The van der Waals surface area contributed by atoms with E-state index in [0.717, 1.165) is 0 Å². The first-order chi connectivity index (χ1) is 9.24. The van der Waals surface area contributed by atoms with E-state index >= 15 is 0 Å². The van der Waals surface area contributed by atoms with Crippen molar-refractivity contribution < 1.29 is 4.79 Å². The van der Waals surface area contributed by atoms with Crippen LogP contribution in [0.4, 0.5) is 0 Å². The summed E-state index contributed by atoms with van der Waals surface area (Å²) in [6, 6.07) is 9.24. The molecular formula is C15H17N3O. The predicted octanol–water partition coefficient (Wildman–Crippen LogP) is 1.37. The van der Waals surface area contributed by atoms with Crippen LogP contribution in [-0.4, -0.2) is 30.4 Å². The molecule has 0 saturated carbocycles. The van der Waals surface area contributed by atoms with Crippen molar-refractivity contribution in [3.05, 3.63) is 35.4 Å². The van der Waals surface area contributed by atoms with E-state index in [2.05, 4.69) is 11.8 Å². The van der Waals surface area contributed by atoms with E-state index in [0.29, 0.717) is 30.6 Å². The molecule has 0 radical (unpaired) electrons. The number of amides is 1. The second-order valence-electron chi connectivity index (χ2n) is 3.84. The Morgan fingerprint density at radius 1 is 1.42 bits per heavy atom. The molecule has 0 aliphatic carbocycles. The molecule has 1 amide bonds. The van der Waals surface area contributed by atoms with E-state index in [1.165, 1.54) is 0 Å². The van der Waals surface area contributed by atoms with Crippen molar-refractivity contribution in [2.75, 3.05) is 19.6 Å². The molecular weight excluding hydrogens is 238 g/mol. The highest BCUT2D eigenvalue weighted by atomic mass is 16.2. The molecule has 0 heterocycles. The van der Waals surface area contributed by atoms with Crippen LogP contribution >= 0.6 is 0 Å². The minimum Gasteiger partial charge on any atom is -0.338 e. The van der Waals surface area contributed by atoms with Gasteiger partial charge in [0.2, 0.25) is 0 Å². The number of nitriles is 1. The number of carbonyl (C=O) groups is 1. The second-order valence-corrected chi connectivity index (χ2v) is 3.84. The highest BCUT2D eigenvalue weighted by Gasteiger charge is 2.16. The van der Waals surface area contributed by atoms with E-state index in [4.69, 9.17) is 11.0 Å². The molecule has 0 bridgehead atoms. The molecule has 1 aromatic carbocycles. The van der Waals surface area contributed by atoms with Gasteiger partial charge in [0.15, 0.2) is 0 Å². The highest BCUT2D eigenvalue weighted by molar-refractivity contribution is 5.96. The topological polar surface area (TPSA) is 70.1 Å². The molecule has 0 fully saturated rings. The molecule has 0 atom stereocenters. The maximum atomic E-state index is 12.4. The first-order valence-electron chi connectivity index (χ1n) is 6.18. The van der Waals surface area contributed by atoms with Gasteiger partial charge in [-0.15, -0.1) is 0 Å². The van der Waals surface area contributed by atoms with E-state index in [-0.39, 0.29) is 12.5 Å². The Morgan fingerprint density at radius 3 is 2.79 bits per heavy atom. The zero-order valence-corrected chi connectivity index (χ0v) is 11.0. The van der Waals surface area contributed by atoms with Crippen molar-refractivity contribution in [2.24, 2.45) is 5.73 Å². The fourth-order valence-corrected chi connectivity index (χ4v) is 1.68. The highest BCUT2D eigenvalue weighted by Crippen LogP contribution is 2.11. The van der Waals surface area contributed by atoms with Gasteiger partial charge in [-0.05, 0) is 19.1 Å². The SMILES string of the molecule is CCN(CCC#N)C(=O)c1ccccc1C#CCN. The molecule has 0 aliphatic rings. The second kappa shape index (κ2) is 7.92. The summed E-state index contributed by atoms with van der Waals surface area (Å²) in [6.45, 7) is 3.15. The first kappa shape index (κ1) is 14.8. The Bertz CT molecular complexity index is 534. The van der Waals surface area contributed by atoms with E-state index in [1.54, 1.807) is 23.1 Å². The van der Waals surface area contributed by atoms with Crippen molar-refractivity contribution >= 4 is 5.91 Å². The quantitative estimate of drug-likeness (QED) is 0.826. The third-order valence-corrected chi connectivity index (χ3v) is 2.65. The lowest BCUT2D eigenvalue weighted by Gasteiger charge is -2.20. The first-order valence-corrected chi connectivity index (χ1v) is 6.18. The number of nitrogens with two attached hydrogens (primary N) is 1. The van der Waals surface area contributed by atoms with Gasteiger partial charge in [-0.1, -0.05) is 24.0 Å². The van der Waals surface area contributed by atoms with E-state index in [1.807, 2.05) is 19.1 Å². The van der Waals surface area contributed by atoms with Gasteiger partial charge in [-0.25, -0.2) is 0 Å². The maximum absolute atomic E-state index is 12.4. The lowest BCUT2D eigenvalue weighted by molar-refractivity contribution is 0.0767. The summed E-state index contributed by atoms with van der Waals surface area (Å²) < 4.78 is 0. The van der Waals surface area contributed by atoms with E-state index in [9.17, 15) is 4.79 Å². The fourth-order valence-electron chi connectivity index (χ4n) is 1.68. The lowest BCUT2D eigenvalue weighted by atomic mass is 10.1. The number of carbonyl (C=O) groups excluding carboxylic acids is 1. The molecule has 4 nitrogen and oxygen atoms in total. The predicted molar refractivity (Wildman–Crippen MR) is 74.2 cm³/mol. The Morgan fingerprint density at radius 2 is 2.16 bits per heavy atom. The molecule has 0 spiro atoms. The lowest BCUT2D eigenvalue weighted by Crippen LogP contribution is -2.32. The van der Waals surface area contributed by atoms with Crippen molar-refractivity contribution in [2.45, 2.75) is 13.3 Å². The zero-order valence-electron chi connectivity index (χ0n) is 11.0. The summed E-state index contributed by atoms with van der Waals surface area (Å²) in [5, 5.41) is 8.61. The molecule has 19 heavy (non-hydrogen) atoms. The summed E-state index contributed by atoms with van der Waals surface area (Å²) in [4.78, 5) is 14.0. The third kappa shape index (κ3) is 4.13. The Kier molecular flexibility index (Phi) is 6.15. The number of hydrogen-bond donors (Lipinski definition) is 1. The van der Waals surface area contributed by atoms with Crippen LogP contribution in [0.15, 0.2) is 24.3 Å². The molecule has 2 N–H and O–H groups in total. The van der Waals surface area contributed by atoms with Gasteiger partial charge in [0.1, 0.15) is 0 Å². The van der Waals surface area contributed by atoms with Gasteiger partial charge in [-0.2, -0.15) is 5.26 Å². The monoisotopic (exact) mass is 255 g/mol. The average Bonchev–Trinajstić information content (AvgIpc) is 2.46. The molecule has 98 valence electrons. The third-order valence-electron chi connectivity index (χ3n) is 2.65. The number of rotatable bonds is 4. The largest absolute Gasteiger partial charge is 0.338 e. The molecule has 1 aromatic rings. The van der Waals surface area contributed by atoms with Crippen LogP contribution in [0.5, 0.6) is 0 Å². The fraction of sp³-hybridized carbons (Fsp3) is 0.333. The molecule has 0 aliphatic heterocycles. The molecule has 1 rings (SSSR count). The van der Waals surface area contributed by atoms with Crippen LogP contribution in [-0.2, 0) is 0 Å². The molecule has 0 unspecified atom stereocenters. The molecule has 0 saturated heterocycles. The number of hydrogen-bond acceptors (Lipinski definition) is 3. The molecule has 4 heteroatoms. The van der Waals surface area contributed by atoms with Gasteiger partial charge in [0, 0.05) is 18.7 Å². The van der Waals surface area contributed by atoms with Crippen LogP contribution in [0.1, 0.15) is 29.3 Å². The van der Waals surface area contributed by atoms with Gasteiger partial charge in [0.25, 0.3) is 5.91 Å². The smallest absolute Gasteiger partial charge is 0.255 e.